The maximum Gasteiger partial charge on any atom is 0.275 e. The molecule has 0 aliphatic heterocycles. The Morgan fingerprint density at radius 2 is 1.96 bits per heavy atom. The van der Waals surface area contributed by atoms with Gasteiger partial charge in [0.25, 0.3) is 5.91 Å². The van der Waals surface area contributed by atoms with Crippen molar-refractivity contribution in [3.8, 4) is 0 Å². The molecule has 1 N–H and O–H groups in total. The number of aryl methyl sites for hydroxylation is 2. The standard InChI is InChI=1S/C14H16IN7O/c1-3-21-7-10(4-17-21)8-22-9-11(5-18-22)19-14(23)13-12(15)6-16-20(13)2/h4-7,9H,3,8H2,1-2H3,(H,19,23). The normalized spacial score (nSPS) is 10.9. The first-order valence-electron chi connectivity index (χ1n) is 7.09. The first-order chi connectivity index (χ1) is 11.1. The fourth-order valence-electron chi connectivity index (χ4n) is 2.22. The molecule has 0 fully saturated rings. The molecule has 0 aliphatic carbocycles. The molecule has 3 aromatic rings. The molecule has 0 aliphatic rings. The number of hydrogen-bond acceptors (Lipinski definition) is 4. The van der Waals surface area contributed by atoms with E-state index in [1.165, 1.54) is 0 Å². The predicted octanol–water partition coefficient (Wildman–Crippen LogP) is 1.74. The molecular formula is C14H16IN7O. The summed E-state index contributed by atoms with van der Waals surface area (Å²) in [6.45, 7) is 3.49. The van der Waals surface area contributed by atoms with Crippen LogP contribution in [-0.2, 0) is 20.1 Å². The van der Waals surface area contributed by atoms with Gasteiger partial charge in [-0.1, -0.05) is 0 Å². The van der Waals surface area contributed by atoms with E-state index in [-0.39, 0.29) is 5.91 Å². The van der Waals surface area contributed by atoms with Crippen LogP contribution in [0, 0.1) is 3.57 Å². The van der Waals surface area contributed by atoms with Crippen molar-refractivity contribution in [3.63, 3.8) is 0 Å². The quantitative estimate of drug-likeness (QED) is 0.632. The second kappa shape index (κ2) is 6.52. The van der Waals surface area contributed by atoms with E-state index in [1.54, 1.807) is 35.0 Å². The van der Waals surface area contributed by atoms with E-state index in [0.29, 0.717) is 17.9 Å². The van der Waals surface area contributed by atoms with Gasteiger partial charge >= 0.3 is 0 Å². The third-order valence-electron chi connectivity index (χ3n) is 3.36. The number of amides is 1. The molecule has 3 heterocycles. The van der Waals surface area contributed by atoms with Crippen molar-refractivity contribution in [1.82, 2.24) is 29.3 Å². The number of nitrogens with zero attached hydrogens (tertiary/aromatic N) is 6. The molecule has 120 valence electrons. The molecular weight excluding hydrogens is 409 g/mol. The lowest BCUT2D eigenvalue weighted by Gasteiger charge is -2.03. The zero-order chi connectivity index (χ0) is 16.4. The maximum atomic E-state index is 12.3. The van der Waals surface area contributed by atoms with E-state index in [0.717, 1.165) is 15.7 Å². The summed E-state index contributed by atoms with van der Waals surface area (Å²) >= 11 is 2.09. The fraction of sp³-hybridized carbons (Fsp3) is 0.286. The lowest BCUT2D eigenvalue weighted by Crippen LogP contribution is -2.17. The van der Waals surface area contributed by atoms with E-state index < -0.39 is 0 Å². The van der Waals surface area contributed by atoms with Crippen molar-refractivity contribution in [2.24, 2.45) is 7.05 Å². The molecule has 23 heavy (non-hydrogen) atoms. The van der Waals surface area contributed by atoms with Crippen LogP contribution in [0.2, 0.25) is 0 Å². The van der Waals surface area contributed by atoms with Gasteiger partial charge in [0.15, 0.2) is 0 Å². The number of carbonyl (C=O) groups excluding carboxylic acids is 1. The van der Waals surface area contributed by atoms with Crippen LogP contribution in [0.3, 0.4) is 0 Å². The fourth-order valence-corrected chi connectivity index (χ4v) is 2.94. The highest BCUT2D eigenvalue weighted by Crippen LogP contribution is 2.14. The summed E-state index contributed by atoms with van der Waals surface area (Å²) in [5.74, 6) is -0.201. The van der Waals surface area contributed by atoms with Gasteiger partial charge in [-0.25, -0.2) is 0 Å². The van der Waals surface area contributed by atoms with Crippen molar-refractivity contribution in [3.05, 3.63) is 45.8 Å². The highest BCUT2D eigenvalue weighted by Gasteiger charge is 2.16. The Kier molecular flexibility index (Phi) is 4.46. The summed E-state index contributed by atoms with van der Waals surface area (Å²) in [7, 11) is 1.74. The average Bonchev–Trinajstić information content (AvgIpc) is 3.21. The smallest absolute Gasteiger partial charge is 0.275 e. The van der Waals surface area contributed by atoms with Gasteiger partial charge in [0.05, 0.1) is 34.4 Å². The first kappa shape index (κ1) is 15.7. The SMILES string of the molecule is CCn1cc(Cn2cc(NC(=O)c3c(I)cnn3C)cn2)cn1. The van der Waals surface area contributed by atoms with Crippen LogP contribution in [0.25, 0.3) is 0 Å². The summed E-state index contributed by atoms with van der Waals surface area (Å²) in [5, 5.41) is 15.4. The lowest BCUT2D eigenvalue weighted by molar-refractivity contribution is 0.101. The summed E-state index contributed by atoms with van der Waals surface area (Å²) in [4.78, 5) is 12.3. The number of aromatic nitrogens is 6. The predicted molar refractivity (Wildman–Crippen MR) is 93.1 cm³/mol. The second-order valence-electron chi connectivity index (χ2n) is 5.05. The number of nitrogens with one attached hydrogen (secondary N) is 1. The third-order valence-corrected chi connectivity index (χ3v) is 4.15. The van der Waals surface area contributed by atoms with E-state index in [9.17, 15) is 4.79 Å². The minimum Gasteiger partial charge on any atom is -0.318 e. The summed E-state index contributed by atoms with van der Waals surface area (Å²) in [6.07, 6.45) is 8.89. The molecule has 0 bridgehead atoms. The van der Waals surface area contributed by atoms with Gasteiger partial charge in [-0.15, -0.1) is 0 Å². The lowest BCUT2D eigenvalue weighted by atomic mass is 10.3. The topological polar surface area (TPSA) is 82.6 Å². The second-order valence-corrected chi connectivity index (χ2v) is 6.21. The Morgan fingerprint density at radius 3 is 2.61 bits per heavy atom. The van der Waals surface area contributed by atoms with Crippen molar-refractivity contribution in [1.29, 1.82) is 0 Å². The number of rotatable bonds is 5. The molecule has 3 aromatic heterocycles. The van der Waals surface area contributed by atoms with Gasteiger partial charge in [-0.2, -0.15) is 15.3 Å². The molecule has 0 aromatic carbocycles. The van der Waals surface area contributed by atoms with Gasteiger partial charge in [-0.05, 0) is 29.5 Å². The van der Waals surface area contributed by atoms with Gasteiger partial charge in [0.2, 0.25) is 0 Å². The van der Waals surface area contributed by atoms with Crippen molar-refractivity contribution >= 4 is 34.2 Å². The molecule has 0 atom stereocenters. The minimum atomic E-state index is -0.201. The Labute approximate surface area is 146 Å². The van der Waals surface area contributed by atoms with Crippen molar-refractivity contribution in [2.75, 3.05) is 5.32 Å². The Morgan fingerprint density at radius 1 is 1.17 bits per heavy atom. The van der Waals surface area contributed by atoms with Gasteiger partial charge in [-0.3, -0.25) is 18.8 Å². The largest absolute Gasteiger partial charge is 0.318 e. The molecule has 3 rings (SSSR count). The molecule has 0 unspecified atom stereocenters. The molecule has 8 nitrogen and oxygen atoms in total. The molecule has 9 heteroatoms. The number of halogens is 1. The maximum absolute atomic E-state index is 12.3. The molecule has 0 saturated heterocycles. The van der Waals surface area contributed by atoms with Crippen LogP contribution >= 0.6 is 22.6 Å². The Balaban J connectivity index is 1.68. The van der Waals surface area contributed by atoms with E-state index in [2.05, 4.69) is 43.2 Å². The number of anilines is 1. The van der Waals surface area contributed by atoms with Gasteiger partial charge in [0, 0.05) is 31.5 Å². The molecule has 0 saturated carbocycles. The van der Waals surface area contributed by atoms with Crippen LogP contribution in [0.5, 0.6) is 0 Å². The van der Waals surface area contributed by atoms with E-state index in [4.69, 9.17) is 0 Å². The first-order valence-corrected chi connectivity index (χ1v) is 8.17. The van der Waals surface area contributed by atoms with Crippen LogP contribution in [0.15, 0.2) is 31.0 Å². The Hall–Kier alpha value is -2.17. The van der Waals surface area contributed by atoms with Gasteiger partial charge in [0.1, 0.15) is 5.69 Å². The molecule has 0 radical (unpaired) electrons. The Bertz CT molecular complexity index is 812. The van der Waals surface area contributed by atoms with Crippen molar-refractivity contribution < 1.29 is 4.79 Å². The zero-order valence-corrected chi connectivity index (χ0v) is 14.9. The van der Waals surface area contributed by atoms with Crippen LogP contribution in [0.4, 0.5) is 5.69 Å². The number of hydrogen-bond donors (Lipinski definition) is 1. The summed E-state index contributed by atoms with van der Waals surface area (Å²) in [6, 6.07) is 0. The average molecular weight is 425 g/mol. The zero-order valence-electron chi connectivity index (χ0n) is 12.8. The summed E-state index contributed by atoms with van der Waals surface area (Å²) < 4.78 is 6.00. The highest BCUT2D eigenvalue weighted by atomic mass is 127. The third kappa shape index (κ3) is 3.44. The van der Waals surface area contributed by atoms with Crippen LogP contribution < -0.4 is 5.32 Å². The van der Waals surface area contributed by atoms with Gasteiger partial charge < -0.3 is 5.32 Å². The highest BCUT2D eigenvalue weighted by molar-refractivity contribution is 14.1. The van der Waals surface area contributed by atoms with E-state index >= 15 is 0 Å². The number of carbonyl (C=O) groups is 1. The van der Waals surface area contributed by atoms with E-state index in [1.807, 2.05) is 24.0 Å². The summed E-state index contributed by atoms with van der Waals surface area (Å²) in [5.41, 5.74) is 2.24. The molecule has 0 spiro atoms. The molecule has 1 amide bonds. The van der Waals surface area contributed by atoms with Crippen LogP contribution in [0.1, 0.15) is 23.0 Å². The monoisotopic (exact) mass is 425 g/mol. The minimum absolute atomic E-state index is 0.201. The van der Waals surface area contributed by atoms with Crippen LogP contribution in [-0.4, -0.2) is 35.2 Å². The van der Waals surface area contributed by atoms with Crippen molar-refractivity contribution in [2.45, 2.75) is 20.0 Å².